The Morgan fingerprint density at radius 2 is 1.91 bits per heavy atom. The fourth-order valence-corrected chi connectivity index (χ4v) is 3.88. The number of carbonyl (C=O) groups excluding carboxylic acids is 1. The lowest BCUT2D eigenvalue weighted by molar-refractivity contribution is -0.384. The lowest BCUT2D eigenvalue weighted by atomic mass is 10.1. The average molecular weight is 468 g/mol. The van der Waals surface area contributed by atoms with E-state index in [-0.39, 0.29) is 17.6 Å². The van der Waals surface area contributed by atoms with Crippen LogP contribution in [0, 0.1) is 17.0 Å². The number of rotatable bonds is 5. The number of piperazine rings is 1. The van der Waals surface area contributed by atoms with Crippen LogP contribution in [0.1, 0.15) is 22.8 Å². The summed E-state index contributed by atoms with van der Waals surface area (Å²) in [5.74, 6) is 1.44. The Kier molecular flexibility index (Phi) is 6.41. The van der Waals surface area contributed by atoms with Gasteiger partial charge < -0.3 is 14.5 Å². The zero-order valence-electron chi connectivity index (χ0n) is 18.1. The second-order valence-electron chi connectivity index (χ2n) is 7.85. The van der Waals surface area contributed by atoms with Crippen LogP contribution in [0.25, 0.3) is 0 Å². The number of hydrogen-bond acceptors (Lipinski definition) is 7. The third-order valence-electron chi connectivity index (χ3n) is 5.47. The van der Waals surface area contributed by atoms with Crippen molar-refractivity contribution in [3.8, 4) is 11.6 Å². The molecule has 1 aromatic heterocycles. The standard InChI is InChI=1S/C23H22ClN5O4/c1-15-3-8-19(24)20(11-15)33-22-12-21(25-14-26-22)27-9-10-28(16(2)13-27)23(30)17-4-6-18(7-5-17)29(31)32/h3-8,11-12,14,16H,9-10,13H2,1-2H3. The van der Waals surface area contributed by atoms with E-state index in [1.807, 2.05) is 26.0 Å². The molecule has 0 bridgehead atoms. The van der Waals surface area contributed by atoms with Crippen molar-refractivity contribution >= 4 is 29.0 Å². The second-order valence-corrected chi connectivity index (χ2v) is 8.26. The minimum atomic E-state index is -0.484. The van der Waals surface area contributed by atoms with Crippen LogP contribution in [0.5, 0.6) is 11.6 Å². The van der Waals surface area contributed by atoms with Crippen LogP contribution in [-0.4, -0.2) is 51.4 Å². The molecular weight excluding hydrogens is 446 g/mol. The molecule has 2 aromatic carbocycles. The molecule has 33 heavy (non-hydrogen) atoms. The van der Waals surface area contributed by atoms with Crippen molar-refractivity contribution in [2.45, 2.75) is 19.9 Å². The van der Waals surface area contributed by atoms with E-state index in [0.717, 1.165) is 5.56 Å². The van der Waals surface area contributed by atoms with E-state index in [0.29, 0.717) is 47.7 Å². The van der Waals surface area contributed by atoms with Gasteiger partial charge in [0.05, 0.1) is 9.95 Å². The molecule has 0 spiro atoms. The monoisotopic (exact) mass is 467 g/mol. The number of aryl methyl sites for hydroxylation is 1. The predicted octanol–water partition coefficient (Wildman–Crippen LogP) is 4.49. The van der Waals surface area contributed by atoms with Crippen molar-refractivity contribution in [1.82, 2.24) is 14.9 Å². The number of non-ortho nitro benzene ring substituents is 1. The summed E-state index contributed by atoms with van der Waals surface area (Å²) in [4.78, 5) is 35.7. The van der Waals surface area contributed by atoms with E-state index >= 15 is 0 Å². The molecule has 1 atom stereocenters. The van der Waals surface area contributed by atoms with Gasteiger partial charge >= 0.3 is 0 Å². The highest BCUT2D eigenvalue weighted by molar-refractivity contribution is 6.32. The van der Waals surface area contributed by atoms with E-state index in [4.69, 9.17) is 16.3 Å². The van der Waals surface area contributed by atoms with Crippen molar-refractivity contribution in [2.75, 3.05) is 24.5 Å². The van der Waals surface area contributed by atoms with Gasteiger partial charge in [-0.1, -0.05) is 17.7 Å². The minimum Gasteiger partial charge on any atom is -0.437 e. The maximum atomic E-state index is 12.9. The zero-order chi connectivity index (χ0) is 23.5. The van der Waals surface area contributed by atoms with Gasteiger partial charge in [0.2, 0.25) is 5.88 Å². The molecule has 0 radical (unpaired) electrons. The average Bonchev–Trinajstić information content (AvgIpc) is 2.81. The smallest absolute Gasteiger partial charge is 0.269 e. The summed E-state index contributed by atoms with van der Waals surface area (Å²) in [6.45, 7) is 5.54. The first-order chi connectivity index (χ1) is 15.8. The van der Waals surface area contributed by atoms with Gasteiger partial charge in [-0.15, -0.1) is 0 Å². The first-order valence-corrected chi connectivity index (χ1v) is 10.8. The maximum Gasteiger partial charge on any atom is 0.269 e. The molecule has 0 saturated carbocycles. The fraction of sp³-hybridized carbons (Fsp3) is 0.261. The number of nitro benzene ring substituents is 1. The van der Waals surface area contributed by atoms with Crippen LogP contribution >= 0.6 is 11.6 Å². The Labute approximate surface area is 195 Å². The number of ether oxygens (including phenoxy) is 1. The summed E-state index contributed by atoms with van der Waals surface area (Å²) in [6.07, 6.45) is 1.44. The SMILES string of the molecule is Cc1ccc(Cl)c(Oc2cc(N3CCN(C(=O)c4ccc([N+](=O)[O-])cc4)C(C)C3)ncn2)c1. The molecule has 170 valence electrons. The number of halogens is 1. The normalized spacial score (nSPS) is 15.9. The van der Waals surface area contributed by atoms with Crippen LogP contribution in [0.4, 0.5) is 11.5 Å². The van der Waals surface area contributed by atoms with Crippen molar-refractivity contribution in [2.24, 2.45) is 0 Å². The highest BCUT2D eigenvalue weighted by Gasteiger charge is 2.29. The van der Waals surface area contributed by atoms with E-state index in [1.54, 1.807) is 17.0 Å². The Balaban J connectivity index is 1.44. The van der Waals surface area contributed by atoms with E-state index in [2.05, 4.69) is 14.9 Å². The lowest BCUT2D eigenvalue weighted by Gasteiger charge is -2.40. The van der Waals surface area contributed by atoms with Crippen LogP contribution in [0.3, 0.4) is 0 Å². The zero-order valence-corrected chi connectivity index (χ0v) is 18.9. The highest BCUT2D eigenvalue weighted by atomic mass is 35.5. The topological polar surface area (TPSA) is 102 Å². The first kappa shape index (κ1) is 22.5. The molecule has 1 amide bonds. The lowest BCUT2D eigenvalue weighted by Crippen LogP contribution is -2.54. The number of benzene rings is 2. The fourth-order valence-electron chi connectivity index (χ4n) is 3.72. The van der Waals surface area contributed by atoms with Gasteiger partial charge in [-0.2, -0.15) is 0 Å². The number of anilines is 1. The van der Waals surface area contributed by atoms with Crippen molar-refractivity contribution < 1.29 is 14.5 Å². The third-order valence-corrected chi connectivity index (χ3v) is 5.78. The summed E-state index contributed by atoms with van der Waals surface area (Å²) >= 11 is 6.22. The molecule has 0 aliphatic carbocycles. The molecule has 3 aromatic rings. The molecule has 1 aliphatic rings. The molecule has 1 fully saturated rings. The molecule has 10 heteroatoms. The first-order valence-electron chi connectivity index (χ1n) is 10.4. The predicted molar refractivity (Wildman–Crippen MR) is 124 cm³/mol. The molecule has 1 saturated heterocycles. The number of carbonyl (C=O) groups is 1. The summed E-state index contributed by atoms with van der Waals surface area (Å²) in [5, 5.41) is 11.3. The maximum absolute atomic E-state index is 12.9. The van der Waals surface area contributed by atoms with Gasteiger partial charge in [-0.25, -0.2) is 9.97 Å². The van der Waals surface area contributed by atoms with E-state index in [1.165, 1.54) is 30.6 Å². The van der Waals surface area contributed by atoms with Crippen LogP contribution in [-0.2, 0) is 0 Å². The van der Waals surface area contributed by atoms with Crippen molar-refractivity contribution in [3.63, 3.8) is 0 Å². The van der Waals surface area contributed by atoms with Gasteiger partial charge in [0, 0.05) is 49.4 Å². The molecular formula is C23H22ClN5O4. The molecule has 0 N–H and O–H groups in total. The molecule has 2 heterocycles. The number of hydrogen-bond donors (Lipinski definition) is 0. The molecule has 9 nitrogen and oxygen atoms in total. The Bertz CT molecular complexity index is 1190. The molecule has 1 unspecified atom stereocenters. The summed E-state index contributed by atoms with van der Waals surface area (Å²) in [7, 11) is 0. The van der Waals surface area contributed by atoms with Crippen molar-refractivity contribution in [1.29, 1.82) is 0 Å². The molecule has 4 rings (SSSR count). The Hall–Kier alpha value is -3.72. The van der Waals surface area contributed by atoms with E-state index < -0.39 is 4.92 Å². The van der Waals surface area contributed by atoms with Crippen LogP contribution in [0.15, 0.2) is 54.9 Å². The van der Waals surface area contributed by atoms with Gasteiger partial charge in [0.25, 0.3) is 11.6 Å². The number of nitro groups is 1. The van der Waals surface area contributed by atoms with Gasteiger partial charge in [0.1, 0.15) is 17.9 Å². The van der Waals surface area contributed by atoms with E-state index in [9.17, 15) is 14.9 Å². The number of aromatic nitrogens is 2. The Morgan fingerprint density at radius 3 is 2.61 bits per heavy atom. The van der Waals surface area contributed by atoms with Crippen molar-refractivity contribution in [3.05, 3.63) is 81.1 Å². The number of nitrogens with zero attached hydrogens (tertiary/aromatic N) is 5. The third kappa shape index (κ3) is 5.04. The minimum absolute atomic E-state index is 0.0434. The molecule has 1 aliphatic heterocycles. The van der Waals surface area contributed by atoms with Crippen LogP contribution in [0.2, 0.25) is 5.02 Å². The quantitative estimate of drug-likeness (QED) is 0.402. The summed E-state index contributed by atoms with van der Waals surface area (Å²) in [6, 6.07) is 12.8. The Morgan fingerprint density at radius 1 is 1.15 bits per heavy atom. The van der Waals surface area contributed by atoms with Gasteiger partial charge in [-0.05, 0) is 43.7 Å². The number of amides is 1. The summed E-state index contributed by atoms with van der Waals surface area (Å²) < 4.78 is 5.87. The van der Waals surface area contributed by atoms with Gasteiger partial charge in [0.15, 0.2) is 0 Å². The summed E-state index contributed by atoms with van der Waals surface area (Å²) in [5.41, 5.74) is 1.40. The van der Waals surface area contributed by atoms with Gasteiger partial charge in [-0.3, -0.25) is 14.9 Å². The second kappa shape index (κ2) is 9.41. The van der Waals surface area contributed by atoms with Crippen LogP contribution < -0.4 is 9.64 Å². The largest absolute Gasteiger partial charge is 0.437 e. The highest BCUT2D eigenvalue weighted by Crippen LogP contribution is 2.30.